The molecule has 0 unspecified atom stereocenters. The van der Waals surface area contributed by atoms with Gasteiger partial charge < -0.3 is 10.6 Å². The molecule has 1 amide bonds. The van der Waals surface area contributed by atoms with Gasteiger partial charge >= 0.3 is 0 Å². The van der Waals surface area contributed by atoms with E-state index in [2.05, 4.69) is 34.3 Å². The van der Waals surface area contributed by atoms with Gasteiger partial charge in [0.2, 0.25) is 5.91 Å². The van der Waals surface area contributed by atoms with Gasteiger partial charge in [-0.05, 0) is 50.2 Å². The Morgan fingerprint density at radius 2 is 1.76 bits per heavy atom. The third-order valence-corrected chi connectivity index (χ3v) is 4.36. The van der Waals surface area contributed by atoms with Gasteiger partial charge in [0, 0.05) is 37.2 Å². The van der Waals surface area contributed by atoms with Crippen LogP contribution in [0, 0.1) is 40.7 Å². The van der Waals surface area contributed by atoms with E-state index in [9.17, 15) is 14.9 Å². The van der Waals surface area contributed by atoms with Crippen LogP contribution in [-0.2, 0) is 4.79 Å². The van der Waals surface area contributed by atoms with E-state index in [1.807, 2.05) is 13.8 Å². The number of rotatable bonds is 12. The van der Waals surface area contributed by atoms with Gasteiger partial charge in [0.1, 0.15) is 0 Å². The maximum Gasteiger partial charge on any atom is 0.269 e. The Kier molecular flexibility index (Phi) is 12.4. The minimum Gasteiger partial charge on any atom is -0.374 e. The Bertz CT molecular complexity index is 782. The summed E-state index contributed by atoms with van der Waals surface area (Å²) in [6, 6.07) is 4.71. The average Bonchev–Trinajstić information content (AvgIpc) is 2.69. The number of hydrogen-bond donors (Lipinski definition) is 2. The second-order valence-corrected chi connectivity index (χ2v) is 6.79. The molecule has 29 heavy (non-hydrogen) atoms. The molecule has 6 heteroatoms. The molecule has 0 aliphatic carbocycles. The topological polar surface area (TPSA) is 84.3 Å². The number of carbonyl (C=O) groups is 1. The molecule has 0 heterocycles. The smallest absolute Gasteiger partial charge is 0.269 e. The highest BCUT2D eigenvalue weighted by atomic mass is 16.6. The zero-order valence-electron chi connectivity index (χ0n) is 17.5. The summed E-state index contributed by atoms with van der Waals surface area (Å²) < 4.78 is 0. The number of nitro groups is 1. The quantitative estimate of drug-likeness (QED) is 0.234. The monoisotopic (exact) mass is 397 g/mol. The van der Waals surface area contributed by atoms with E-state index in [-0.39, 0.29) is 11.6 Å². The molecule has 0 aliphatic heterocycles. The SMILES string of the molecule is CCNC(=O)CCCCCCCCC#CC#CCNc1ccc([N+](=O)[O-])cc1C. The van der Waals surface area contributed by atoms with Crippen molar-refractivity contribution < 1.29 is 9.72 Å². The number of unbranched alkanes of at least 4 members (excludes halogenated alkanes) is 6. The fourth-order valence-electron chi connectivity index (χ4n) is 2.79. The van der Waals surface area contributed by atoms with Crippen LogP contribution in [0.5, 0.6) is 0 Å². The van der Waals surface area contributed by atoms with E-state index in [1.54, 1.807) is 12.1 Å². The van der Waals surface area contributed by atoms with Gasteiger partial charge in [-0.2, -0.15) is 0 Å². The highest BCUT2D eigenvalue weighted by Crippen LogP contribution is 2.20. The van der Waals surface area contributed by atoms with Crippen LogP contribution in [0.1, 0.15) is 63.9 Å². The molecule has 0 spiro atoms. The molecule has 0 bridgehead atoms. The van der Waals surface area contributed by atoms with Crippen molar-refractivity contribution in [3.8, 4) is 23.7 Å². The van der Waals surface area contributed by atoms with Gasteiger partial charge in [-0.3, -0.25) is 14.9 Å². The van der Waals surface area contributed by atoms with Crippen molar-refractivity contribution in [2.75, 3.05) is 18.4 Å². The van der Waals surface area contributed by atoms with Crippen molar-refractivity contribution in [1.29, 1.82) is 0 Å². The number of benzene rings is 1. The molecule has 2 N–H and O–H groups in total. The summed E-state index contributed by atoms with van der Waals surface area (Å²) in [7, 11) is 0. The van der Waals surface area contributed by atoms with Crippen molar-refractivity contribution in [2.45, 2.75) is 65.2 Å². The number of aryl methyl sites for hydroxylation is 1. The zero-order valence-corrected chi connectivity index (χ0v) is 17.5. The molecule has 0 saturated carbocycles. The van der Waals surface area contributed by atoms with Crippen LogP contribution in [0.3, 0.4) is 0 Å². The Hall–Kier alpha value is -2.99. The van der Waals surface area contributed by atoms with E-state index in [4.69, 9.17) is 0 Å². The second kappa shape index (κ2) is 15.0. The first-order chi connectivity index (χ1) is 14.0. The van der Waals surface area contributed by atoms with Crippen LogP contribution in [0.15, 0.2) is 18.2 Å². The molecule has 156 valence electrons. The van der Waals surface area contributed by atoms with Gasteiger partial charge in [0.05, 0.1) is 11.5 Å². The van der Waals surface area contributed by atoms with Crippen LogP contribution in [0.25, 0.3) is 0 Å². The fourth-order valence-corrected chi connectivity index (χ4v) is 2.79. The minimum absolute atomic E-state index is 0.0874. The van der Waals surface area contributed by atoms with Gasteiger partial charge in [0.15, 0.2) is 0 Å². The largest absolute Gasteiger partial charge is 0.374 e. The zero-order chi connectivity index (χ0) is 21.3. The molecule has 0 radical (unpaired) electrons. The Morgan fingerprint density at radius 1 is 1.07 bits per heavy atom. The summed E-state index contributed by atoms with van der Waals surface area (Å²) in [6.45, 7) is 4.92. The van der Waals surface area contributed by atoms with Crippen LogP contribution in [-0.4, -0.2) is 23.9 Å². The molecule has 1 aromatic rings. The summed E-state index contributed by atoms with van der Waals surface area (Å²) in [5, 5.41) is 16.7. The molecule has 6 nitrogen and oxygen atoms in total. The maximum absolute atomic E-state index is 11.3. The Labute approximate surface area is 174 Å². The van der Waals surface area contributed by atoms with E-state index >= 15 is 0 Å². The molecular formula is C23H31N3O3. The molecule has 1 aromatic carbocycles. The highest BCUT2D eigenvalue weighted by Gasteiger charge is 2.06. The Morgan fingerprint density at radius 3 is 2.45 bits per heavy atom. The lowest BCUT2D eigenvalue weighted by molar-refractivity contribution is -0.384. The summed E-state index contributed by atoms with van der Waals surface area (Å²) >= 11 is 0. The number of nitro benzene ring substituents is 1. The predicted octanol–water partition coefficient (Wildman–Crippen LogP) is 4.58. The first-order valence-electron chi connectivity index (χ1n) is 10.3. The van der Waals surface area contributed by atoms with E-state index < -0.39 is 4.92 Å². The number of nitrogens with zero attached hydrogens (tertiary/aromatic N) is 1. The summed E-state index contributed by atoms with van der Waals surface area (Å²) in [6.07, 6.45) is 8.14. The van der Waals surface area contributed by atoms with Crippen LogP contribution < -0.4 is 10.6 Å². The van der Waals surface area contributed by atoms with Crippen molar-refractivity contribution in [1.82, 2.24) is 5.32 Å². The van der Waals surface area contributed by atoms with Crippen LogP contribution in [0.4, 0.5) is 11.4 Å². The fraction of sp³-hybridized carbons (Fsp3) is 0.522. The number of nitrogens with one attached hydrogen (secondary N) is 2. The van der Waals surface area contributed by atoms with Crippen molar-refractivity contribution >= 4 is 17.3 Å². The maximum atomic E-state index is 11.3. The molecule has 0 aliphatic rings. The lowest BCUT2D eigenvalue weighted by atomic mass is 10.1. The van der Waals surface area contributed by atoms with E-state index in [0.717, 1.165) is 43.4 Å². The van der Waals surface area contributed by atoms with Crippen molar-refractivity contribution in [3.05, 3.63) is 33.9 Å². The molecule has 0 fully saturated rings. The van der Waals surface area contributed by atoms with E-state index in [1.165, 1.54) is 18.9 Å². The first-order valence-corrected chi connectivity index (χ1v) is 10.3. The number of anilines is 1. The van der Waals surface area contributed by atoms with Crippen LogP contribution >= 0.6 is 0 Å². The third-order valence-electron chi connectivity index (χ3n) is 4.36. The van der Waals surface area contributed by atoms with Crippen LogP contribution in [0.2, 0.25) is 0 Å². The number of non-ortho nitro benzene ring substituents is 1. The van der Waals surface area contributed by atoms with Gasteiger partial charge in [-0.15, -0.1) is 0 Å². The van der Waals surface area contributed by atoms with Gasteiger partial charge in [-0.1, -0.05) is 37.5 Å². The lowest BCUT2D eigenvalue weighted by Gasteiger charge is -2.05. The third kappa shape index (κ3) is 11.4. The standard InChI is InChI=1S/C23H31N3O3/c1-3-24-23(27)15-13-11-9-7-5-4-6-8-10-12-14-18-25-22-17-16-21(26(28)29)19-20(22)2/h16-17,19,25H,3-7,9,11,13,15,18H2,1-2H3,(H,24,27). The normalized spacial score (nSPS) is 9.59. The number of carbonyl (C=O) groups excluding carboxylic acids is 1. The van der Waals surface area contributed by atoms with Gasteiger partial charge in [0.25, 0.3) is 5.69 Å². The minimum atomic E-state index is -0.402. The van der Waals surface area contributed by atoms with Crippen molar-refractivity contribution in [2.24, 2.45) is 0 Å². The second-order valence-electron chi connectivity index (χ2n) is 6.79. The molecule has 0 aromatic heterocycles. The van der Waals surface area contributed by atoms with E-state index in [0.29, 0.717) is 19.5 Å². The predicted molar refractivity (Wildman–Crippen MR) is 117 cm³/mol. The van der Waals surface area contributed by atoms with Crippen molar-refractivity contribution in [3.63, 3.8) is 0 Å². The van der Waals surface area contributed by atoms with Gasteiger partial charge in [-0.25, -0.2) is 0 Å². The molecule has 0 atom stereocenters. The number of amides is 1. The molecule has 0 saturated heterocycles. The lowest BCUT2D eigenvalue weighted by Crippen LogP contribution is -2.21. The highest BCUT2D eigenvalue weighted by molar-refractivity contribution is 5.75. The summed E-state index contributed by atoms with van der Waals surface area (Å²) in [4.78, 5) is 21.6. The first kappa shape index (κ1) is 24.0. The summed E-state index contributed by atoms with van der Waals surface area (Å²) in [5.74, 6) is 11.8. The molecule has 1 rings (SSSR count). The average molecular weight is 398 g/mol. The summed E-state index contributed by atoms with van der Waals surface area (Å²) in [5.41, 5.74) is 1.74. The molecular weight excluding hydrogens is 366 g/mol. The Balaban J connectivity index is 2.08. The number of hydrogen-bond acceptors (Lipinski definition) is 4.